The van der Waals surface area contributed by atoms with E-state index in [-0.39, 0.29) is 6.04 Å². The number of nitrogen functional groups attached to an aromatic ring is 1. The van der Waals surface area contributed by atoms with Crippen LogP contribution in [0.25, 0.3) is 0 Å². The van der Waals surface area contributed by atoms with Gasteiger partial charge in [0.15, 0.2) is 0 Å². The van der Waals surface area contributed by atoms with Crippen LogP contribution >= 0.6 is 23.1 Å². The SMILES string of the molecule is CC(c1cccc(Cl)c1)N(C)Cc1nnsc1NN. The van der Waals surface area contributed by atoms with Gasteiger partial charge in [-0.1, -0.05) is 28.2 Å². The number of nitrogens with one attached hydrogen (secondary N) is 1. The van der Waals surface area contributed by atoms with E-state index in [1.807, 2.05) is 25.2 Å². The molecule has 2 rings (SSSR count). The smallest absolute Gasteiger partial charge is 0.148 e. The van der Waals surface area contributed by atoms with Crippen LogP contribution in [-0.2, 0) is 6.54 Å². The van der Waals surface area contributed by atoms with Crippen LogP contribution in [0.15, 0.2) is 24.3 Å². The summed E-state index contributed by atoms with van der Waals surface area (Å²) < 4.78 is 3.89. The van der Waals surface area contributed by atoms with E-state index in [2.05, 4.69) is 32.9 Å². The number of hydrazine groups is 1. The van der Waals surface area contributed by atoms with Gasteiger partial charge in [-0.15, -0.1) is 5.10 Å². The quantitative estimate of drug-likeness (QED) is 0.656. The van der Waals surface area contributed by atoms with Gasteiger partial charge >= 0.3 is 0 Å². The Hall–Kier alpha value is -1.21. The van der Waals surface area contributed by atoms with Crippen molar-refractivity contribution in [3.05, 3.63) is 40.5 Å². The summed E-state index contributed by atoms with van der Waals surface area (Å²) >= 11 is 7.27. The van der Waals surface area contributed by atoms with Gasteiger partial charge in [0.1, 0.15) is 10.7 Å². The molecule has 0 bridgehead atoms. The molecule has 0 aliphatic rings. The topological polar surface area (TPSA) is 67.1 Å². The predicted octanol–water partition coefficient (Wildman–Crippen LogP) is 2.67. The van der Waals surface area contributed by atoms with E-state index in [0.717, 1.165) is 15.7 Å². The van der Waals surface area contributed by atoms with Gasteiger partial charge in [-0.3, -0.25) is 4.90 Å². The molecule has 102 valence electrons. The zero-order chi connectivity index (χ0) is 13.8. The third-order valence-electron chi connectivity index (χ3n) is 3.08. The van der Waals surface area contributed by atoms with Gasteiger partial charge in [-0.2, -0.15) is 0 Å². The second-order valence-corrected chi connectivity index (χ2v) is 5.53. The van der Waals surface area contributed by atoms with Crippen molar-refractivity contribution in [2.75, 3.05) is 12.5 Å². The molecule has 0 aliphatic carbocycles. The fraction of sp³-hybridized carbons (Fsp3) is 0.333. The molecule has 0 amide bonds. The van der Waals surface area contributed by atoms with Crippen LogP contribution in [-0.4, -0.2) is 21.5 Å². The molecular weight excluding hydrogens is 282 g/mol. The lowest BCUT2D eigenvalue weighted by atomic mass is 10.1. The highest BCUT2D eigenvalue weighted by atomic mass is 35.5. The Morgan fingerprint density at radius 3 is 3.00 bits per heavy atom. The van der Waals surface area contributed by atoms with Crippen molar-refractivity contribution in [3.63, 3.8) is 0 Å². The third kappa shape index (κ3) is 3.42. The lowest BCUT2D eigenvalue weighted by Crippen LogP contribution is -2.23. The van der Waals surface area contributed by atoms with Gasteiger partial charge in [0.05, 0.1) is 0 Å². The van der Waals surface area contributed by atoms with E-state index in [0.29, 0.717) is 6.54 Å². The molecule has 0 radical (unpaired) electrons. The first-order chi connectivity index (χ1) is 9.11. The van der Waals surface area contributed by atoms with E-state index >= 15 is 0 Å². The molecule has 0 spiro atoms. The van der Waals surface area contributed by atoms with Gasteiger partial charge in [0.25, 0.3) is 0 Å². The minimum Gasteiger partial charge on any atom is -0.313 e. The minimum atomic E-state index is 0.228. The number of nitrogens with zero attached hydrogens (tertiary/aromatic N) is 3. The van der Waals surface area contributed by atoms with Gasteiger partial charge < -0.3 is 5.43 Å². The van der Waals surface area contributed by atoms with Crippen molar-refractivity contribution in [1.29, 1.82) is 0 Å². The van der Waals surface area contributed by atoms with Crippen LogP contribution < -0.4 is 11.3 Å². The van der Waals surface area contributed by atoms with Crippen LogP contribution in [0.1, 0.15) is 24.2 Å². The normalized spacial score (nSPS) is 12.7. The van der Waals surface area contributed by atoms with E-state index < -0.39 is 0 Å². The second kappa shape index (κ2) is 6.29. The van der Waals surface area contributed by atoms with Crippen LogP contribution in [0.3, 0.4) is 0 Å². The highest BCUT2D eigenvalue weighted by Crippen LogP contribution is 2.25. The molecule has 3 N–H and O–H groups in total. The molecule has 1 aromatic carbocycles. The highest BCUT2D eigenvalue weighted by molar-refractivity contribution is 7.10. The first-order valence-electron chi connectivity index (χ1n) is 5.85. The summed E-state index contributed by atoms with van der Waals surface area (Å²) in [6, 6.07) is 8.10. The first-order valence-corrected chi connectivity index (χ1v) is 7.00. The molecule has 1 atom stereocenters. The summed E-state index contributed by atoms with van der Waals surface area (Å²) in [4.78, 5) is 2.17. The molecule has 5 nitrogen and oxygen atoms in total. The maximum absolute atomic E-state index is 6.02. The molecule has 1 aromatic heterocycles. The standard InChI is InChI=1S/C12H16ClN5S/c1-8(9-4-3-5-10(13)6-9)18(2)7-11-12(15-14)19-17-16-11/h3-6,8,15H,7,14H2,1-2H3. The van der Waals surface area contributed by atoms with E-state index in [4.69, 9.17) is 17.4 Å². The largest absolute Gasteiger partial charge is 0.313 e. The molecule has 1 heterocycles. The number of hydrogen-bond acceptors (Lipinski definition) is 6. The number of rotatable bonds is 5. The maximum atomic E-state index is 6.02. The summed E-state index contributed by atoms with van der Waals surface area (Å²) in [5.41, 5.74) is 4.63. The molecule has 0 saturated heterocycles. The van der Waals surface area contributed by atoms with Crippen molar-refractivity contribution in [2.45, 2.75) is 19.5 Å². The lowest BCUT2D eigenvalue weighted by Gasteiger charge is -2.24. The Morgan fingerprint density at radius 2 is 2.32 bits per heavy atom. The average Bonchev–Trinajstić information content (AvgIpc) is 2.85. The fourth-order valence-corrected chi connectivity index (χ4v) is 2.50. The fourth-order valence-electron chi connectivity index (χ4n) is 1.82. The predicted molar refractivity (Wildman–Crippen MR) is 79.1 cm³/mol. The highest BCUT2D eigenvalue weighted by Gasteiger charge is 2.16. The number of hydrogen-bond donors (Lipinski definition) is 2. The van der Waals surface area contributed by atoms with Crippen molar-refractivity contribution in [1.82, 2.24) is 14.5 Å². The Balaban J connectivity index is 2.09. The molecule has 0 fully saturated rings. The average molecular weight is 298 g/mol. The number of halogens is 1. The maximum Gasteiger partial charge on any atom is 0.148 e. The molecule has 0 aliphatic heterocycles. The van der Waals surface area contributed by atoms with Gasteiger partial charge in [0.2, 0.25) is 0 Å². The summed E-state index contributed by atoms with van der Waals surface area (Å²) in [6.07, 6.45) is 0. The van der Waals surface area contributed by atoms with Gasteiger partial charge in [-0.25, -0.2) is 5.84 Å². The van der Waals surface area contributed by atoms with E-state index in [9.17, 15) is 0 Å². The van der Waals surface area contributed by atoms with Gasteiger partial charge in [0, 0.05) is 29.1 Å². The van der Waals surface area contributed by atoms with Crippen LogP contribution in [0, 0.1) is 0 Å². The third-order valence-corrected chi connectivity index (χ3v) is 4.01. The summed E-state index contributed by atoms with van der Waals surface area (Å²) in [5.74, 6) is 5.42. The number of nitrogens with two attached hydrogens (primary N) is 1. The number of benzene rings is 1. The van der Waals surface area contributed by atoms with Gasteiger partial charge in [-0.05, 0) is 31.7 Å². The summed E-state index contributed by atoms with van der Waals surface area (Å²) in [5, 5.41) is 5.62. The Morgan fingerprint density at radius 1 is 1.53 bits per heavy atom. The Labute approximate surface area is 121 Å². The molecule has 1 unspecified atom stereocenters. The second-order valence-electron chi connectivity index (χ2n) is 4.34. The molecule has 0 saturated carbocycles. The first kappa shape index (κ1) is 14.2. The van der Waals surface area contributed by atoms with E-state index in [1.54, 1.807) is 0 Å². The van der Waals surface area contributed by atoms with E-state index in [1.165, 1.54) is 17.1 Å². The van der Waals surface area contributed by atoms with Crippen molar-refractivity contribution in [3.8, 4) is 0 Å². The van der Waals surface area contributed by atoms with Crippen LogP contribution in [0.2, 0.25) is 5.02 Å². The monoisotopic (exact) mass is 297 g/mol. The summed E-state index contributed by atoms with van der Waals surface area (Å²) in [7, 11) is 2.03. The molecule has 19 heavy (non-hydrogen) atoms. The molecular formula is C12H16ClN5S. The zero-order valence-corrected chi connectivity index (χ0v) is 12.4. The van der Waals surface area contributed by atoms with Crippen LogP contribution in [0.4, 0.5) is 5.00 Å². The number of aromatic nitrogens is 2. The van der Waals surface area contributed by atoms with Crippen molar-refractivity contribution < 1.29 is 0 Å². The Kier molecular flexibility index (Phi) is 4.71. The lowest BCUT2D eigenvalue weighted by molar-refractivity contribution is 0.250. The van der Waals surface area contributed by atoms with Crippen molar-refractivity contribution >= 4 is 28.1 Å². The Bertz CT molecular complexity index is 544. The zero-order valence-electron chi connectivity index (χ0n) is 10.8. The minimum absolute atomic E-state index is 0.228. The van der Waals surface area contributed by atoms with Crippen LogP contribution in [0.5, 0.6) is 0 Å². The van der Waals surface area contributed by atoms with Crippen molar-refractivity contribution in [2.24, 2.45) is 5.84 Å². The molecule has 2 aromatic rings. The molecule has 7 heteroatoms. The number of anilines is 1. The summed E-state index contributed by atoms with van der Waals surface area (Å²) in [6.45, 7) is 2.80.